The Morgan fingerprint density at radius 1 is 1.35 bits per heavy atom. The van der Waals surface area contributed by atoms with Crippen LogP contribution < -0.4 is 0 Å². The van der Waals surface area contributed by atoms with E-state index in [0.29, 0.717) is 5.56 Å². The summed E-state index contributed by atoms with van der Waals surface area (Å²) in [6.45, 7) is 3.27. The van der Waals surface area contributed by atoms with Gasteiger partial charge in [-0.3, -0.25) is 9.59 Å². The van der Waals surface area contributed by atoms with Crippen molar-refractivity contribution in [1.82, 2.24) is 4.90 Å². The third kappa shape index (κ3) is 3.13. The molecule has 6 nitrogen and oxygen atoms in total. The Hall–Kier alpha value is -2.22. The molecule has 2 aliphatic rings. The minimum atomic E-state index is -3.29. The molecule has 1 saturated heterocycles. The van der Waals surface area contributed by atoms with Crippen LogP contribution in [0.1, 0.15) is 31.9 Å². The molecule has 1 N–H and O–H groups in total. The Bertz CT molecular complexity index is 906. The molecular weight excluding hydrogens is 361 g/mol. The van der Waals surface area contributed by atoms with Gasteiger partial charge in [-0.1, -0.05) is 26.0 Å². The van der Waals surface area contributed by atoms with Gasteiger partial charge in [0.15, 0.2) is 21.4 Å². The molecule has 1 amide bonds. The lowest BCUT2D eigenvalue weighted by Crippen LogP contribution is -2.41. The molecule has 8 heteroatoms. The van der Waals surface area contributed by atoms with E-state index in [1.165, 1.54) is 23.1 Å². The van der Waals surface area contributed by atoms with Gasteiger partial charge in [0.2, 0.25) is 0 Å². The second kappa shape index (κ2) is 6.50. The van der Waals surface area contributed by atoms with Crippen LogP contribution in [0, 0.1) is 11.7 Å². The van der Waals surface area contributed by atoms with E-state index in [9.17, 15) is 27.5 Å². The average molecular weight is 381 g/mol. The van der Waals surface area contributed by atoms with Crippen molar-refractivity contribution in [2.24, 2.45) is 5.92 Å². The first-order chi connectivity index (χ1) is 12.1. The molecule has 3 rings (SSSR count). The molecule has 0 aromatic heterocycles. The zero-order chi connectivity index (χ0) is 19.2. The van der Waals surface area contributed by atoms with Crippen LogP contribution in [0.5, 0.6) is 0 Å². The quantitative estimate of drug-likeness (QED) is 0.860. The number of hydrogen-bond donors (Lipinski definition) is 1. The number of carbonyl (C=O) groups is 2. The molecular formula is C18H20FNO5S. The number of ketones is 1. The number of halogens is 1. The molecule has 1 fully saturated rings. The summed E-state index contributed by atoms with van der Waals surface area (Å²) in [6.07, 6.45) is 0.219. The first kappa shape index (κ1) is 18.6. The van der Waals surface area contributed by atoms with Gasteiger partial charge in [-0.25, -0.2) is 12.8 Å². The number of rotatable bonds is 4. The van der Waals surface area contributed by atoms with Crippen molar-refractivity contribution >= 4 is 21.5 Å². The topological polar surface area (TPSA) is 91.8 Å². The van der Waals surface area contributed by atoms with Gasteiger partial charge in [-0.05, 0) is 24.1 Å². The normalized spacial score (nSPS) is 25.4. The highest BCUT2D eigenvalue weighted by molar-refractivity contribution is 7.91. The molecule has 0 unspecified atom stereocenters. The fraction of sp³-hybridized carbons (Fsp3) is 0.444. The van der Waals surface area contributed by atoms with Crippen LogP contribution in [-0.4, -0.2) is 47.7 Å². The smallest absolute Gasteiger partial charge is 0.290 e. The lowest BCUT2D eigenvalue weighted by Gasteiger charge is -2.31. The van der Waals surface area contributed by atoms with Gasteiger partial charge < -0.3 is 10.0 Å². The van der Waals surface area contributed by atoms with Gasteiger partial charge in [-0.15, -0.1) is 0 Å². The Labute approximate surface area is 151 Å². The van der Waals surface area contributed by atoms with E-state index in [0.717, 1.165) is 0 Å². The first-order valence-corrected chi connectivity index (χ1v) is 10.2. The maximum absolute atomic E-state index is 13.8. The van der Waals surface area contributed by atoms with Gasteiger partial charge in [0.1, 0.15) is 5.82 Å². The predicted molar refractivity (Wildman–Crippen MR) is 92.5 cm³/mol. The number of carbonyl (C=O) groups excluding carboxylic acids is 2. The number of amides is 1. The number of aliphatic hydroxyl groups excluding tert-OH is 1. The molecule has 1 aromatic carbocycles. The molecule has 0 radical (unpaired) electrons. The van der Waals surface area contributed by atoms with Crippen molar-refractivity contribution in [2.45, 2.75) is 32.4 Å². The Morgan fingerprint density at radius 2 is 2.04 bits per heavy atom. The molecule has 0 bridgehead atoms. The summed E-state index contributed by atoms with van der Waals surface area (Å²) in [5, 5.41) is 10.4. The highest BCUT2D eigenvalue weighted by atomic mass is 32.2. The summed E-state index contributed by atoms with van der Waals surface area (Å²) in [5.41, 5.74) is 0.232. The summed E-state index contributed by atoms with van der Waals surface area (Å²) >= 11 is 0. The molecule has 0 aliphatic carbocycles. The minimum absolute atomic E-state index is 0.0639. The SMILES string of the molecule is CC(C)C(=O)C1=C(O)C(=O)N([C@@H]2CCS(=O)(=O)C2)[C@H]1c1cccc(F)c1. The van der Waals surface area contributed by atoms with Crippen LogP contribution in [0.3, 0.4) is 0 Å². The van der Waals surface area contributed by atoms with Crippen LogP contribution in [0.25, 0.3) is 0 Å². The minimum Gasteiger partial charge on any atom is -0.503 e. The van der Waals surface area contributed by atoms with Crippen LogP contribution >= 0.6 is 0 Å². The maximum Gasteiger partial charge on any atom is 0.290 e. The van der Waals surface area contributed by atoms with Crippen molar-refractivity contribution in [2.75, 3.05) is 11.5 Å². The number of benzene rings is 1. The summed E-state index contributed by atoms with van der Waals surface area (Å²) in [6, 6.07) is 3.78. The van der Waals surface area contributed by atoms with E-state index in [-0.39, 0.29) is 23.5 Å². The van der Waals surface area contributed by atoms with Gasteiger partial charge in [-0.2, -0.15) is 0 Å². The summed E-state index contributed by atoms with van der Waals surface area (Å²) in [7, 11) is -3.29. The number of aliphatic hydroxyl groups is 1. The number of nitrogens with zero attached hydrogens (tertiary/aromatic N) is 1. The second-order valence-electron chi connectivity index (χ2n) is 7.01. The number of Topliss-reactive ketones (excluding diaryl/α,β-unsaturated/α-hetero) is 1. The van der Waals surface area contributed by atoms with Crippen LogP contribution in [0.15, 0.2) is 35.6 Å². The Morgan fingerprint density at radius 3 is 2.58 bits per heavy atom. The van der Waals surface area contributed by atoms with Crippen molar-refractivity contribution in [3.63, 3.8) is 0 Å². The second-order valence-corrected chi connectivity index (χ2v) is 9.24. The van der Waals surface area contributed by atoms with Crippen molar-refractivity contribution in [3.05, 3.63) is 47.0 Å². The van der Waals surface area contributed by atoms with Gasteiger partial charge in [0.25, 0.3) is 5.91 Å². The third-order valence-corrected chi connectivity index (χ3v) is 6.55. The standard InChI is InChI=1S/C18H20FNO5S/c1-10(2)16(21)14-15(11-4-3-5-12(19)8-11)20(18(23)17(14)22)13-6-7-26(24,25)9-13/h3-5,8,10,13,15,22H,6-7,9H2,1-2H3/t13-,15+/m1/s1. The monoisotopic (exact) mass is 381 g/mol. The number of sulfone groups is 1. The molecule has 0 spiro atoms. The van der Waals surface area contributed by atoms with Crippen LogP contribution in [-0.2, 0) is 19.4 Å². The van der Waals surface area contributed by atoms with E-state index in [1.54, 1.807) is 19.9 Å². The highest BCUT2D eigenvalue weighted by Gasteiger charge is 2.49. The molecule has 26 heavy (non-hydrogen) atoms. The maximum atomic E-state index is 13.8. The zero-order valence-corrected chi connectivity index (χ0v) is 15.3. The molecule has 2 atom stereocenters. The molecule has 140 valence electrons. The Kier molecular flexibility index (Phi) is 4.64. The third-order valence-electron chi connectivity index (χ3n) is 4.80. The molecule has 2 heterocycles. The summed E-state index contributed by atoms with van der Waals surface area (Å²) < 4.78 is 37.5. The van der Waals surface area contributed by atoms with E-state index >= 15 is 0 Å². The van der Waals surface area contributed by atoms with E-state index < -0.39 is 51.1 Å². The molecule has 2 aliphatic heterocycles. The van der Waals surface area contributed by atoms with E-state index in [4.69, 9.17) is 0 Å². The zero-order valence-electron chi connectivity index (χ0n) is 14.5. The fourth-order valence-corrected chi connectivity index (χ4v) is 5.27. The summed E-state index contributed by atoms with van der Waals surface area (Å²) in [5.74, 6) is -3.21. The average Bonchev–Trinajstić information content (AvgIpc) is 3.04. The van der Waals surface area contributed by atoms with Crippen LogP contribution in [0.4, 0.5) is 4.39 Å². The lowest BCUT2D eigenvalue weighted by atomic mass is 9.91. The van der Waals surface area contributed by atoms with Crippen molar-refractivity contribution < 1.29 is 27.5 Å². The van der Waals surface area contributed by atoms with E-state index in [2.05, 4.69) is 0 Å². The summed E-state index contributed by atoms with van der Waals surface area (Å²) in [4.78, 5) is 26.6. The Balaban J connectivity index is 2.12. The van der Waals surface area contributed by atoms with Crippen molar-refractivity contribution in [3.8, 4) is 0 Å². The van der Waals surface area contributed by atoms with Crippen molar-refractivity contribution in [1.29, 1.82) is 0 Å². The van der Waals surface area contributed by atoms with Gasteiger partial charge in [0, 0.05) is 12.0 Å². The highest BCUT2D eigenvalue weighted by Crippen LogP contribution is 2.42. The molecule has 1 aromatic rings. The van der Waals surface area contributed by atoms with E-state index in [1.807, 2.05) is 0 Å². The fourth-order valence-electron chi connectivity index (χ4n) is 3.56. The largest absolute Gasteiger partial charge is 0.503 e. The lowest BCUT2D eigenvalue weighted by molar-refractivity contribution is -0.131. The number of hydrogen-bond acceptors (Lipinski definition) is 5. The van der Waals surface area contributed by atoms with Gasteiger partial charge >= 0.3 is 0 Å². The molecule has 0 saturated carbocycles. The van der Waals surface area contributed by atoms with Gasteiger partial charge in [0.05, 0.1) is 23.1 Å². The predicted octanol–water partition coefficient (Wildman–Crippen LogP) is 1.93. The first-order valence-electron chi connectivity index (χ1n) is 8.38. The van der Waals surface area contributed by atoms with Crippen LogP contribution in [0.2, 0.25) is 0 Å².